The van der Waals surface area contributed by atoms with Crippen molar-refractivity contribution in [3.63, 3.8) is 0 Å². The first-order valence-corrected chi connectivity index (χ1v) is 14.6. The van der Waals surface area contributed by atoms with Crippen LogP contribution in [0.5, 0.6) is 5.88 Å². The van der Waals surface area contributed by atoms with Gasteiger partial charge < -0.3 is 23.9 Å². The van der Waals surface area contributed by atoms with Gasteiger partial charge in [-0.1, -0.05) is 46.3 Å². The number of pyridine rings is 1. The molecule has 7 nitrogen and oxygen atoms in total. The number of hydrogen-bond acceptors (Lipinski definition) is 6. The van der Waals surface area contributed by atoms with Gasteiger partial charge in [0.2, 0.25) is 5.88 Å². The molecule has 10 heteroatoms. The molecule has 3 aromatic carbocycles. The van der Waals surface area contributed by atoms with E-state index < -0.39 is 17.3 Å². The molecule has 3 heterocycles. The number of benzene rings is 3. The lowest BCUT2D eigenvalue weighted by Gasteiger charge is -2.42. The predicted molar refractivity (Wildman–Crippen MR) is 162 cm³/mol. The summed E-state index contributed by atoms with van der Waals surface area (Å²) in [4.78, 5) is 9.39. The molecule has 0 spiro atoms. The molecule has 1 aliphatic heterocycles. The Bertz CT molecular complexity index is 1790. The summed E-state index contributed by atoms with van der Waals surface area (Å²) in [5, 5.41) is 11.6. The van der Waals surface area contributed by atoms with Gasteiger partial charge in [0, 0.05) is 40.9 Å². The number of halogens is 3. The average molecular weight is 651 g/mol. The smallest absolute Gasteiger partial charge is 0.214 e. The summed E-state index contributed by atoms with van der Waals surface area (Å²) in [6.07, 6.45) is 0. The standard InChI is InChI=1S/C33H30BrF2N3O4/c1-20-6-7-22(25(35)14-20)17-43-30-5-3-4-27(37-30)21-8-10-24(26(36)15-21)31(33(40)18-42-19-33)32-38-28-11-9-23(34)16-29(28)39(32)12-13-41-2/h3-11,14-16,31,40H,12-13,17-19H2,1-2H3. The first-order chi connectivity index (χ1) is 20.8. The summed E-state index contributed by atoms with van der Waals surface area (Å²) >= 11 is 3.53. The number of aryl methyl sites for hydroxylation is 1. The number of nitrogens with zero attached hydrogens (tertiary/aromatic N) is 3. The van der Waals surface area contributed by atoms with Gasteiger partial charge in [0.15, 0.2) is 0 Å². The number of aliphatic hydroxyl groups is 1. The minimum atomic E-state index is -1.34. The van der Waals surface area contributed by atoms with Crippen LogP contribution in [0.3, 0.4) is 0 Å². The molecule has 43 heavy (non-hydrogen) atoms. The minimum absolute atomic E-state index is 0.0127. The summed E-state index contributed by atoms with van der Waals surface area (Å²) < 4.78 is 49.7. The van der Waals surface area contributed by atoms with E-state index in [1.165, 1.54) is 12.1 Å². The summed E-state index contributed by atoms with van der Waals surface area (Å²) in [5.74, 6) is -0.835. The first-order valence-electron chi connectivity index (χ1n) is 13.9. The Morgan fingerprint density at radius 1 is 1.02 bits per heavy atom. The van der Waals surface area contributed by atoms with Gasteiger partial charge in [-0.25, -0.2) is 18.7 Å². The van der Waals surface area contributed by atoms with Crippen molar-refractivity contribution in [3.05, 3.63) is 111 Å². The van der Waals surface area contributed by atoms with Crippen molar-refractivity contribution in [1.29, 1.82) is 0 Å². The van der Waals surface area contributed by atoms with E-state index in [9.17, 15) is 9.50 Å². The zero-order valence-corrected chi connectivity index (χ0v) is 25.3. The lowest BCUT2D eigenvalue weighted by molar-refractivity contribution is -0.187. The maximum absolute atomic E-state index is 16.1. The van der Waals surface area contributed by atoms with Crippen LogP contribution in [0, 0.1) is 18.6 Å². The maximum atomic E-state index is 16.1. The molecule has 1 fully saturated rings. The van der Waals surface area contributed by atoms with Crippen LogP contribution in [0.2, 0.25) is 0 Å². The predicted octanol–water partition coefficient (Wildman–Crippen LogP) is 6.57. The first kappa shape index (κ1) is 29.4. The molecule has 0 bridgehead atoms. The Morgan fingerprint density at radius 2 is 1.86 bits per heavy atom. The number of imidazole rings is 1. The third-order valence-corrected chi connectivity index (χ3v) is 8.17. The molecular weight excluding hydrogens is 620 g/mol. The van der Waals surface area contributed by atoms with Gasteiger partial charge in [0.05, 0.1) is 42.5 Å². The third-order valence-electron chi connectivity index (χ3n) is 7.67. The number of rotatable bonds is 10. The van der Waals surface area contributed by atoms with E-state index in [2.05, 4.69) is 20.9 Å². The number of methoxy groups -OCH3 is 1. The highest BCUT2D eigenvalue weighted by molar-refractivity contribution is 9.10. The molecule has 1 aliphatic rings. The molecule has 1 unspecified atom stereocenters. The van der Waals surface area contributed by atoms with Crippen molar-refractivity contribution < 1.29 is 28.1 Å². The highest BCUT2D eigenvalue weighted by Gasteiger charge is 2.48. The molecule has 0 aliphatic carbocycles. The molecule has 1 N–H and O–H groups in total. The van der Waals surface area contributed by atoms with Crippen LogP contribution in [-0.2, 0) is 22.6 Å². The molecule has 1 atom stereocenters. The van der Waals surface area contributed by atoms with Crippen molar-refractivity contribution in [2.45, 2.75) is 31.6 Å². The molecule has 0 radical (unpaired) electrons. The highest BCUT2D eigenvalue weighted by Crippen LogP contribution is 2.42. The van der Waals surface area contributed by atoms with Crippen LogP contribution in [0.25, 0.3) is 22.3 Å². The number of hydrogen-bond donors (Lipinski definition) is 1. The Labute approximate surface area is 256 Å². The molecule has 0 saturated carbocycles. The molecule has 5 aromatic rings. The van der Waals surface area contributed by atoms with E-state index >= 15 is 4.39 Å². The van der Waals surface area contributed by atoms with Gasteiger partial charge in [0.25, 0.3) is 0 Å². The third kappa shape index (κ3) is 5.92. The van der Waals surface area contributed by atoms with Gasteiger partial charge in [0.1, 0.15) is 29.7 Å². The van der Waals surface area contributed by atoms with E-state index in [1.807, 2.05) is 35.8 Å². The van der Waals surface area contributed by atoms with Crippen LogP contribution in [0.4, 0.5) is 8.78 Å². The summed E-state index contributed by atoms with van der Waals surface area (Å²) in [5.41, 5.74) is 2.79. The monoisotopic (exact) mass is 649 g/mol. The molecule has 6 rings (SSSR count). The van der Waals surface area contributed by atoms with E-state index in [4.69, 9.17) is 19.2 Å². The van der Waals surface area contributed by atoms with E-state index in [0.717, 1.165) is 21.1 Å². The van der Waals surface area contributed by atoms with Gasteiger partial charge in [-0.15, -0.1) is 0 Å². The lowest BCUT2D eigenvalue weighted by atomic mass is 9.79. The number of ether oxygens (including phenoxy) is 3. The molecule has 1 saturated heterocycles. The van der Waals surface area contributed by atoms with Gasteiger partial charge in [-0.3, -0.25) is 0 Å². The normalized spacial score (nSPS) is 14.9. The summed E-state index contributed by atoms with van der Waals surface area (Å²) in [7, 11) is 1.62. The van der Waals surface area contributed by atoms with E-state index in [1.54, 1.807) is 43.5 Å². The maximum Gasteiger partial charge on any atom is 0.214 e. The number of fused-ring (bicyclic) bond motifs is 1. The van der Waals surface area contributed by atoms with Crippen LogP contribution >= 0.6 is 15.9 Å². The molecule has 222 valence electrons. The highest BCUT2D eigenvalue weighted by atomic mass is 79.9. The quantitative estimate of drug-likeness (QED) is 0.184. The van der Waals surface area contributed by atoms with Crippen molar-refractivity contribution in [2.75, 3.05) is 26.9 Å². The second-order valence-electron chi connectivity index (χ2n) is 10.8. The van der Waals surface area contributed by atoms with Crippen LogP contribution in [-0.4, -0.2) is 52.2 Å². The van der Waals surface area contributed by atoms with Crippen molar-refractivity contribution in [2.24, 2.45) is 0 Å². The Balaban J connectivity index is 1.34. The second kappa shape index (κ2) is 12.1. The zero-order valence-electron chi connectivity index (χ0n) is 23.7. The van der Waals surface area contributed by atoms with Gasteiger partial charge in [-0.05, 0) is 48.9 Å². The fraction of sp³-hybridized carbons (Fsp3) is 0.273. The lowest BCUT2D eigenvalue weighted by Crippen LogP contribution is -2.55. The SMILES string of the molecule is COCCn1c(C(c2ccc(-c3cccc(OCc4ccc(C)cc4F)n3)cc2F)C2(O)COC2)nc2ccc(Br)cc21. The fourth-order valence-electron chi connectivity index (χ4n) is 5.40. The Kier molecular flexibility index (Phi) is 8.28. The minimum Gasteiger partial charge on any atom is -0.473 e. The summed E-state index contributed by atoms with van der Waals surface area (Å²) in [6.45, 7) is 2.82. The zero-order chi connectivity index (χ0) is 30.1. The molecular formula is C33H30BrF2N3O4. The Morgan fingerprint density at radius 3 is 2.58 bits per heavy atom. The Hall–Kier alpha value is -3.70. The van der Waals surface area contributed by atoms with E-state index in [0.29, 0.717) is 47.2 Å². The van der Waals surface area contributed by atoms with Crippen LogP contribution in [0.1, 0.15) is 28.4 Å². The van der Waals surface area contributed by atoms with E-state index in [-0.39, 0.29) is 25.6 Å². The molecule has 0 amide bonds. The van der Waals surface area contributed by atoms with Crippen molar-refractivity contribution in [1.82, 2.24) is 14.5 Å². The fourth-order valence-corrected chi connectivity index (χ4v) is 5.75. The average Bonchev–Trinajstić information content (AvgIpc) is 3.32. The van der Waals surface area contributed by atoms with Gasteiger partial charge in [-0.2, -0.15) is 0 Å². The molecule has 2 aromatic heterocycles. The number of aromatic nitrogens is 3. The second-order valence-corrected chi connectivity index (χ2v) is 11.7. The van der Waals surface area contributed by atoms with Crippen molar-refractivity contribution >= 4 is 27.0 Å². The van der Waals surface area contributed by atoms with Crippen LogP contribution in [0.15, 0.2) is 77.3 Å². The summed E-state index contributed by atoms with van der Waals surface area (Å²) in [6, 6.07) is 20.7. The topological polar surface area (TPSA) is 78.6 Å². The van der Waals surface area contributed by atoms with Crippen molar-refractivity contribution in [3.8, 4) is 17.1 Å². The van der Waals surface area contributed by atoms with Gasteiger partial charge >= 0.3 is 0 Å². The van der Waals surface area contributed by atoms with Crippen LogP contribution < -0.4 is 4.74 Å². The largest absolute Gasteiger partial charge is 0.473 e.